The van der Waals surface area contributed by atoms with Crippen molar-refractivity contribution < 1.29 is 29.4 Å². The normalized spacial score (nSPS) is 11.6. The minimum atomic E-state index is -1.66. The molecular weight excluding hydrogens is 532 g/mol. The maximum atomic E-state index is 13.0. The number of nitrogens with one attached hydrogen (secondary N) is 1. The highest BCUT2D eigenvalue weighted by molar-refractivity contribution is 7.16. The van der Waals surface area contributed by atoms with Crippen molar-refractivity contribution in [2.75, 3.05) is 0 Å². The van der Waals surface area contributed by atoms with E-state index in [0.29, 0.717) is 16.1 Å². The average molecular weight is 553 g/mol. The molecule has 0 aliphatic rings. The molecule has 1 aromatic heterocycles. The highest BCUT2D eigenvalue weighted by Crippen LogP contribution is 2.23. The fourth-order valence-electron chi connectivity index (χ4n) is 3.69. The van der Waals surface area contributed by atoms with E-state index in [0.717, 1.165) is 4.70 Å². The number of nitrogens with two attached hydrogens (primary N) is 1. The number of hydrogen-bond donors (Lipinski definition) is 4. The van der Waals surface area contributed by atoms with Gasteiger partial charge in [0, 0.05) is 24.1 Å². The second-order valence-corrected chi connectivity index (χ2v) is 9.57. The largest absolute Gasteiger partial charge is 0.508 e. The molecule has 194 valence electrons. The molecule has 0 aliphatic heterocycles. The lowest BCUT2D eigenvalue weighted by Gasteiger charge is -2.24. The number of aromatic hydroxyl groups is 1. The van der Waals surface area contributed by atoms with Crippen molar-refractivity contribution in [2.24, 2.45) is 5.84 Å². The van der Waals surface area contributed by atoms with Gasteiger partial charge >= 0.3 is 5.97 Å². The van der Waals surface area contributed by atoms with Crippen LogP contribution < -0.4 is 11.2 Å². The van der Waals surface area contributed by atoms with Gasteiger partial charge in [-0.05, 0) is 54.1 Å². The number of fused-ring (bicyclic) bond motifs is 1. The van der Waals surface area contributed by atoms with Crippen LogP contribution >= 0.6 is 22.9 Å². The lowest BCUT2D eigenvalue weighted by atomic mass is 10.0. The molecule has 0 saturated heterocycles. The van der Waals surface area contributed by atoms with Crippen LogP contribution in [0.1, 0.15) is 43.1 Å². The zero-order chi connectivity index (χ0) is 27.4. The third kappa shape index (κ3) is 5.97. The number of amides is 2. The molecule has 1 atom stereocenters. The second kappa shape index (κ2) is 11.4. The molecule has 38 heavy (non-hydrogen) atoms. The number of benzene rings is 3. The molecule has 2 amide bonds. The number of hydrogen-bond acceptors (Lipinski definition) is 8. The molecule has 0 aliphatic carbocycles. The molecule has 0 saturated carbocycles. The van der Waals surface area contributed by atoms with Crippen molar-refractivity contribution in [1.82, 2.24) is 15.3 Å². The zero-order valence-corrected chi connectivity index (χ0v) is 21.2. The molecule has 4 rings (SSSR count). The van der Waals surface area contributed by atoms with Crippen LogP contribution in [-0.2, 0) is 11.3 Å². The van der Waals surface area contributed by atoms with E-state index in [1.165, 1.54) is 47.7 Å². The van der Waals surface area contributed by atoms with E-state index >= 15 is 0 Å². The third-order valence-corrected chi connectivity index (χ3v) is 6.82. The number of carboxylic acids is 1. The molecule has 0 fully saturated rings. The van der Waals surface area contributed by atoms with Crippen molar-refractivity contribution in [1.29, 1.82) is 0 Å². The summed E-state index contributed by atoms with van der Waals surface area (Å²) >= 11 is 7.58. The summed E-state index contributed by atoms with van der Waals surface area (Å²) < 4.78 is 0.765. The predicted octanol–water partition coefficient (Wildman–Crippen LogP) is 3.63. The van der Waals surface area contributed by atoms with Gasteiger partial charge in [-0.2, -0.15) is 0 Å². The van der Waals surface area contributed by atoms with Gasteiger partial charge in [-0.1, -0.05) is 23.7 Å². The molecule has 4 aromatic rings. The van der Waals surface area contributed by atoms with E-state index < -0.39 is 36.0 Å². The summed E-state index contributed by atoms with van der Waals surface area (Å²) in [4.78, 5) is 54.4. The van der Waals surface area contributed by atoms with Crippen molar-refractivity contribution in [2.45, 2.75) is 19.0 Å². The van der Waals surface area contributed by atoms with Crippen molar-refractivity contribution in [3.05, 3.63) is 93.5 Å². The maximum Gasteiger partial charge on any atom is 0.328 e. The van der Waals surface area contributed by atoms with E-state index in [2.05, 4.69) is 10.3 Å². The summed E-state index contributed by atoms with van der Waals surface area (Å²) in [5.74, 6) is 2.55. The smallest absolute Gasteiger partial charge is 0.328 e. The van der Waals surface area contributed by atoms with E-state index in [1.807, 2.05) is 0 Å². The van der Waals surface area contributed by atoms with Crippen molar-refractivity contribution in [3.8, 4) is 5.75 Å². The lowest BCUT2D eigenvalue weighted by molar-refractivity contribution is -0.142. The highest BCUT2D eigenvalue weighted by atomic mass is 35.5. The summed E-state index contributed by atoms with van der Waals surface area (Å²) in [6, 6.07) is 13.4. The third-order valence-electron chi connectivity index (χ3n) is 5.71. The molecule has 1 heterocycles. The zero-order valence-electron chi connectivity index (χ0n) is 19.6. The number of phenols is 1. The summed E-state index contributed by atoms with van der Waals surface area (Å²) in [6.45, 7) is 0.145. The molecule has 0 spiro atoms. The SMILES string of the molecule is NN(C(=O)c1ccc(C(=O)NCc2cccc(O)c2)cc1Cl)[C@@H](CC(=O)c1ccc2ncsc2c1)C(=O)O. The van der Waals surface area contributed by atoms with Crippen molar-refractivity contribution >= 4 is 56.7 Å². The first kappa shape index (κ1) is 26.7. The van der Waals surface area contributed by atoms with Gasteiger partial charge < -0.3 is 15.5 Å². The first-order valence-corrected chi connectivity index (χ1v) is 12.4. The Labute approximate surface area is 225 Å². The van der Waals surface area contributed by atoms with Crippen LogP contribution in [-0.4, -0.2) is 49.8 Å². The molecule has 0 unspecified atom stereocenters. The first-order chi connectivity index (χ1) is 18.1. The van der Waals surface area contributed by atoms with Gasteiger partial charge in [0.05, 0.1) is 26.3 Å². The number of carbonyl (C=O) groups excluding carboxylic acids is 3. The topological polar surface area (TPSA) is 163 Å². The Balaban J connectivity index is 1.45. The van der Waals surface area contributed by atoms with E-state index in [9.17, 15) is 29.4 Å². The number of thiazole rings is 1. The lowest BCUT2D eigenvalue weighted by Crippen LogP contribution is -2.50. The Kier molecular flexibility index (Phi) is 8.01. The molecular formula is C26H21ClN4O6S. The van der Waals surface area contributed by atoms with Gasteiger partial charge in [-0.3, -0.25) is 19.4 Å². The number of phenolic OH excluding ortho intramolecular Hbond substituents is 1. The number of halogens is 1. The van der Waals surface area contributed by atoms with Crippen LogP contribution in [0, 0.1) is 0 Å². The van der Waals surface area contributed by atoms with Gasteiger partial charge in [-0.25, -0.2) is 15.6 Å². The van der Waals surface area contributed by atoms with Gasteiger partial charge in [-0.15, -0.1) is 11.3 Å². The van der Waals surface area contributed by atoms with Gasteiger partial charge in [0.2, 0.25) is 0 Å². The number of carboxylic acid groups (broad SMARTS) is 1. The Morgan fingerprint density at radius 2 is 1.82 bits per heavy atom. The van der Waals surface area contributed by atoms with Crippen LogP contribution in [0.25, 0.3) is 10.2 Å². The number of aliphatic carboxylic acids is 1. The Hall–Kier alpha value is -4.32. The Morgan fingerprint density at radius 3 is 2.53 bits per heavy atom. The Morgan fingerprint density at radius 1 is 1.05 bits per heavy atom. The Bertz CT molecular complexity index is 1560. The summed E-state index contributed by atoms with van der Waals surface area (Å²) in [5, 5.41) is 22.2. The maximum absolute atomic E-state index is 13.0. The summed E-state index contributed by atoms with van der Waals surface area (Å²) in [7, 11) is 0. The molecule has 0 radical (unpaired) electrons. The number of Topliss-reactive ketones (excluding diaryl/α,β-unsaturated/α-hetero) is 1. The van der Waals surface area contributed by atoms with Gasteiger partial charge in [0.15, 0.2) is 11.8 Å². The number of ketones is 1. The molecule has 12 heteroatoms. The molecule has 3 aromatic carbocycles. The second-order valence-electron chi connectivity index (χ2n) is 8.28. The summed E-state index contributed by atoms with van der Waals surface area (Å²) in [5.41, 5.74) is 3.31. The van der Waals surface area contributed by atoms with Crippen LogP contribution in [0.15, 0.2) is 66.2 Å². The minimum Gasteiger partial charge on any atom is -0.508 e. The molecule has 5 N–H and O–H groups in total. The van der Waals surface area contributed by atoms with E-state index in [4.69, 9.17) is 17.4 Å². The van der Waals surface area contributed by atoms with Gasteiger partial charge in [0.25, 0.3) is 11.8 Å². The van der Waals surface area contributed by atoms with E-state index in [-0.39, 0.29) is 34.0 Å². The first-order valence-electron chi connectivity index (χ1n) is 11.2. The number of nitrogens with zero attached hydrogens (tertiary/aromatic N) is 2. The van der Waals surface area contributed by atoms with E-state index in [1.54, 1.807) is 29.8 Å². The van der Waals surface area contributed by atoms with Crippen molar-refractivity contribution in [3.63, 3.8) is 0 Å². The fraction of sp³-hybridized carbons (Fsp3) is 0.115. The number of hydrazine groups is 1. The van der Waals surface area contributed by atoms with Crippen LogP contribution in [0.5, 0.6) is 5.75 Å². The van der Waals surface area contributed by atoms with Crippen LogP contribution in [0.2, 0.25) is 5.02 Å². The van der Waals surface area contributed by atoms with Crippen LogP contribution in [0.3, 0.4) is 0 Å². The fourth-order valence-corrected chi connectivity index (χ4v) is 4.67. The molecule has 10 nitrogen and oxygen atoms in total. The number of carbonyl (C=O) groups is 4. The average Bonchev–Trinajstić information content (AvgIpc) is 3.37. The monoisotopic (exact) mass is 552 g/mol. The quantitative estimate of drug-likeness (QED) is 0.106. The highest BCUT2D eigenvalue weighted by Gasteiger charge is 2.32. The van der Waals surface area contributed by atoms with Crippen LogP contribution in [0.4, 0.5) is 0 Å². The standard InChI is InChI=1S/C26H21ClN4O6S/c27-19-9-16(24(34)29-12-14-2-1-3-17(32)8-14)4-6-18(19)25(35)31(28)21(26(36)37)11-22(33)15-5-7-20-23(10-15)38-13-30-20/h1-10,13,21,32H,11-12,28H2,(H,29,34)(H,36,37)/t21-/m0/s1. The predicted molar refractivity (Wildman–Crippen MR) is 141 cm³/mol. The molecule has 0 bridgehead atoms. The number of aromatic nitrogens is 1. The number of rotatable bonds is 9. The minimum absolute atomic E-state index is 0.0660. The summed E-state index contributed by atoms with van der Waals surface area (Å²) in [6.07, 6.45) is -0.560. The van der Waals surface area contributed by atoms with Gasteiger partial charge in [0.1, 0.15) is 5.75 Å².